The zero-order valence-electron chi connectivity index (χ0n) is 9.09. The number of ether oxygens (including phenoxy) is 1. The Hall–Kier alpha value is -0.730. The van der Waals surface area contributed by atoms with E-state index in [4.69, 9.17) is 16.3 Å². The lowest BCUT2D eigenvalue weighted by Crippen LogP contribution is -2.14. The lowest BCUT2D eigenvalue weighted by atomic mass is 10.0. The molecule has 1 heterocycles. The maximum absolute atomic E-state index is 6.01. The van der Waals surface area contributed by atoms with Crippen molar-refractivity contribution in [2.45, 2.75) is 19.4 Å². The zero-order valence-corrected chi connectivity index (χ0v) is 9.84. The first-order valence-corrected chi connectivity index (χ1v) is 5.65. The van der Waals surface area contributed by atoms with E-state index in [-0.39, 0.29) is 0 Å². The number of hydrogen-bond donors (Lipinski definition) is 1. The van der Waals surface area contributed by atoms with Crippen molar-refractivity contribution in [2.24, 2.45) is 5.92 Å². The van der Waals surface area contributed by atoms with Crippen LogP contribution in [-0.2, 0) is 0 Å². The first-order valence-electron chi connectivity index (χ1n) is 5.27. The number of halogens is 1. The van der Waals surface area contributed by atoms with Crippen LogP contribution in [0.2, 0.25) is 5.02 Å². The molecule has 1 fully saturated rings. The molecule has 1 saturated heterocycles. The number of nitrogens with one attached hydrogen (secondary N) is 1. The van der Waals surface area contributed by atoms with Gasteiger partial charge in [-0.05, 0) is 37.1 Å². The van der Waals surface area contributed by atoms with Crippen molar-refractivity contribution in [2.75, 3.05) is 13.7 Å². The van der Waals surface area contributed by atoms with E-state index in [1.54, 1.807) is 7.11 Å². The molecule has 0 bridgehead atoms. The Balaban J connectivity index is 2.29. The molecule has 2 nitrogen and oxygen atoms in total. The third kappa shape index (κ3) is 2.27. The first kappa shape index (κ1) is 10.8. The fraction of sp³-hybridized carbons (Fsp3) is 0.500. The largest absolute Gasteiger partial charge is 0.496 e. The fourth-order valence-electron chi connectivity index (χ4n) is 2.13. The minimum absolute atomic E-state index is 0.383. The highest BCUT2D eigenvalue weighted by Crippen LogP contribution is 2.34. The average molecular weight is 226 g/mol. The van der Waals surface area contributed by atoms with Crippen molar-refractivity contribution < 1.29 is 4.74 Å². The summed E-state index contributed by atoms with van der Waals surface area (Å²) in [6.07, 6.45) is 1.15. The molecule has 1 aliphatic rings. The molecule has 2 rings (SSSR count). The van der Waals surface area contributed by atoms with Gasteiger partial charge in [-0.15, -0.1) is 0 Å². The van der Waals surface area contributed by atoms with Crippen LogP contribution in [-0.4, -0.2) is 13.7 Å². The van der Waals surface area contributed by atoms with E-state index in [2.05, 4.69) is 12.2 Å². The van der Waals surface area contributed by atoms with Gasteiger partial charge in [0.05, 0.1) is 7.11 Å². The number of methoxy groups -OCH3 is 1. The van der Waals surface area contributed by atoms with Crippen LogP contribution >= 0.6 is 11.6 Å². The van der Waals surface area contributed by atoms with E-state index in [0.717, 1.165) is 29.7 Å². The van der Waals surface area contributed by atoms with Crippen molar-refractivity contribution in [3.63, 3.8) is 0 Å². The van der Waals surface area contributed by atoms with E-state index in [1.165, 1.54) is 5.56 Å². The molecule has 0 radical (unpaired) electrons. The molecular weight excluding hydrogens is 210 g/mol. The molecule has 15 heavy (non-hydrogen) atoms. The van der Waals surface area contributed by atoms with E-state index < -0.39 is 0 Å². The van der Waals surface area contributed by atoms with Crippen molar-refractivity contribution in [1.29, 1.82) is 0 Å². The maximum Gasteiger partial charge on any atom is 0.123 e. The Morgan fingerprint density at radius 1 is 1.47 bits per heavy atom. The van der Waals surface area contributed by atoms with Crippen LogP contribution in [0.1, 0.15) is 24.9 Å². The summed E-state index contributed by atoms with van der Waals surface area (Å²) in [6.45, 7) is 3.32. The normalized spacial score (nSPS) is 25.5. The monoisotopic (exact) mass is 225 g/mol. The van der Waals surface area contributed by atoms with Crippen molar-refractivity contribution >= 4 is 11.6 Å². The van der Waals surface area contributed by atoms with Crippen LogP contribution in [0, 0.1) is 5.92 Å². The second-order valence-electron chi connectivity index (χ2n) is 4.19. The number of benzene rings is 1. The van der Waals surface area contributed by atoms with E-state index >= 15 is 0 Å². The van der Waals surface area contributed by atoms with Crippen molar-refractivity contribution in [3.8, 4) is 5.75 Å². The van der Waals surface area contributed by atoms with Gasteiger partial charge in [0.2, 0.25) is 0 Å². The van der Waals surface area contributed by atoms with E-state index in [1.807, 2.05) is 18.2 Å². The summed E-state index contributed by atoms with van der Waals surface area (Å²) in [7, 11) is 1.70. The number of rotatable bonds is 2. The lowest BCUT2D eigenvalue weighted by molar-refractivity contribution is 0.403. The third-order valence-electron chi connectivity index (χ3n) is 2.92. The Kier molecular flexibility index (Phi) is 3.17. The van der Waals surface area contributed by atoms with Crippen molar-refractivity contribution in [1.82, 2.24) is 5.32 Å². The molecule has 1 aromatic carbocycles. The Morgan fingerprint density at radius 2 is 2.27 bits per heavy atom. The fourth-order valence-corrected chi connectivity index (χ4v) is 2.31. The Labute approximate surface area is 95.6 Å². The van der Waals surface area contributed by atoms with Gasteiger partial charge in [-0.2, -0.15) is 0 Å². The molecule has 1 N–H and O–H groups in total. The lowest BCUT2D eigenvalue weighted by Gasteiger charge is -2.15. The van der Waals surface area contributed by atoms with E-state index in [9.17, 15) is 0 Å². The van der Waals surface area contributed by atoms with Crippen LogP contribution < -0.4 is 10.1 Å². The van der Waals surface area contributed by atoms with Gasteiger partial charge < -0.3 is 10.1 Å². The summed E-state index contributed by atoms with van der Waals surface area (Å²) in [5, 5.41) is 4.26. The average Bonchev–Trinajstić information content (AvgIpc) is 2.65. The van der Waals surface area contributed by atoms with Crippen LogP contribution in [0.4, 0.5) is 0 Å². The molecule has 2 unspecified atom stereocenters. The third-order valence-corrected chi connectivity index (χ3v) is 3.15. The summed E-state index contributed by atoms with van der Waals surface area (Å²) >= 11 is 6.01. The minimum atomic E-state index is 0.383. The summed E-state index contributed by atoms with van der Waals surface area (Å²) in [5.74, 6) is 1.64. The van der Waals surface area contributed by atoms with Gasteiger partial charge in [-0.25, -0.2) is 0 Å². The highest BCUT2D eigenvalue weighted by molar-refractivity contribution is 6.30. The molecule has 0 aliphatic carbocycles. The highest BCUT2D eigenvalue weighted by atomic mass is 35.5. The quantitative estimate of drug-likeness (QED) is 0.836. The minimum Gasteiger partial charge on any atom is -0.496 e. The second-order valence-corrected chi connectivity index (χ2v) is 4.62. The molecule has 0 spiro atoms. The van der Waals surface area contributed by atoms with Gasteiger partial charge in [0.1, 0.15) is 5.75 Å². The summed E-state index contributed by atoms with van der Waals surface area (Å²) in [6, 6.07) is 6.18. The van der Waals surface area contributed by atoms with Crippen LogP contribution in [0.25, 0.3) is 0 Å². The second kappa shape index (κ2) is 4.42. The SMILES string of the molecule is COc1ccc(Cl)cc1C1CC(C)CN1. The highest BCUT2D eigenvalue weighted by Gasteiger charge is 2.24. The van der Waals surface area contributed by atoms with Gasteiger partial charge in [0.15, 0.2) is 0 Å². The first-order chi connectivity index (χ1) is 7.20. The van der Waals surface area contributed by atoms with Gasteiger partial charge in [-0.3, -0.25) is 0 Å². The number of hydrogen-bond acceptors (Lipinski definition) is 2. The molecular formula is C12H16ClNO. The van der Waals surface area contributed by atoms with Gasteiger partial charge in [0.25, 0.3) is 0 Å². The zero-order chi connectivity index (χ0) is 10.8. The molecule has 1 aliphatic heterocycles. The maximum atomic E-state index is 6.01. The standard InChI is InChI=1S/C12H16ClNO/c1-8-5-11(14-7-8)10-6-9(13)3-4-12(10)15-2/h3-4,6,8,11,14H,5,7H2,1-2H3. The summed E-state index contributed by atoms with van der Waals surface area (Å²) in [4.78, 5) is 0. The Bertz CT molecular complexity index is 353. The van der Waals surface area contributed by atoms with Crippen molar-refractivity contribution in [3.05, 3.63) is 28.8 Å². The molecule has 0 aromatic heterocycles. The van der Waals surface area contributed by atoms with Crippen LogP contribution in [0.3, 0.4) is 0 Å². The topological polar surface area (TPSA) is 21.3 Å². The molecule has 1 aromatic rings. The molecule has 0 amide bonds. The van der Waals surface area contributed by atoms with Gasteiger partial charge in [-0.1, -0.05) is 18.5 Å². The van der Waals surface area contributed by atoms with Gasteiger partial charge in [0, 0.05) is 16.6 Å². The smallest absolute Gasteiger partial charge is 0.123 e. The Morgan fingerprint density at radius 3 is 2.87 bits per heavy atom. The molecule has 3 heteroatoms. The molecule has 82 valence electrons. The molecule has 0 saturated carbocycles. The predicted molar refractivity (Wildman–Crippen MR) is 62.5 cm³/mol. The summed E-state index contributed by atoms with van der Waals surface area (Å²) in [5.41, 5.74) is 1.18. The van der Waals surface area contributed by atoms with Gasteiger partial charge >= 0.3 is 0 Å². The predicted octanol–water partition coefficient (Wildman–Crippen LogP) is 3.02. The summed E-state index contributed by atoms with van der Waals surface area (Å²) < 4.78 is 5.35. The van der Waals surface area contributed by atoms with Crippen LogP contribution in [0.5, 0.6) is 5.75 Å². The van der Waals surface area contributed by atoms with E-state index in [0.29, 0.717) is 6.04 Å². The molecule has 2 atom stereocenters. The van der Waals surface area contributed by atoms with Crippen LogP contribution in [0.15, 0.2) is 18.2 Å².